The van der Waals surface area contributed by atoms with Gasteiger partial charge in [-0.3, -0.25) is 0 Å². The lowest BCUT2D eigenvalue weighted by atomic mass is 9.65. The van der Waals surface area contributed by atoms with Crippen molar-refractivity contribution in [2.24, 2.45) is 5.92 Å². The molecule has 6 rings (SSSR count). The summed E-state index contributed by atoms with van der Waals surface area (Å²) >= 11 is 0. The monoisotopic (exact) mass is 359 g/mol. The molecule has 2 fully saturated rings. The Bertz CT molecular complexity index is 903. The maximum atomic E-state index is 6.26. The molecule has 3 atom stereocenters. The van der Waals surface area contributed by atoms with Crippen LogP contribution in [0.2, 0.25) is 0 Å². The van der Waals surface area contributed by atoms with Crippen LogP contribution in [0.3, 0.4) is 0 Å². The van der Waals surface area contributed by atoms with Gasteiger partial charge in [-0.1, -0.05) is 25.0 Å². The van der Waals surface area contributed by atoms with Crippen molar-refractivity contribution >= 4 is 11.4 Å². The van der Waals surface area contributed by atoms with Gasteiger partial charge >= 0.3 is 0 Å². The molecule has 3 aliphatic carbocycles. The normalized spacial score (nSPS) is 31.7. The molecule has 0 radical (unpaired) electrons. The summed E-state index contributed by atoms with van der Waals surface area (Å²) in [6.07, 6.45) is 6.93. The van der Waals surface area contributed by atoms with E-state index in [0.717, 1.165) is 17.3 Å². The van der Waals surface area contributed by atoms with Gasteiger partial charge in [-0.2, -0.15) is 0 Å². The minimum absolute atomic E-state index is 0.231. The molecule has 4 aliphatic rings. The predicted molar refractivity (Wildman–Crippen MR) is 111 cm³/mol. The van der Waals surface area contributed by atoms with Crippen LogP contribution in [0.25, 0.3) is 0 Å². The molecule has 1 aliphatic heterocycles. The van der Waals surface area contributed by atoms with E-state index in [-0.39, 0.29) is 5.41 Å². The molecule has 1 saturated carbocycles. The number of hydrogen-bond donors (Lipinski definition) is 2. The Morgan fingerprint density at radius 1 is 0.926 bits per heavy atom. The van der Waals surface area contributed by atoms with E-state index in [1.807, 2.05) is 0 Å². The van der Waals surface area contributed by atoms with Crippen molar-refractivity contribution in [1.82, 2.24) is 4.90 Å². The van der Waals surface area contributed by atoms with Gasteiger partial charge < -0.3 is 16.4 Å². The molecule has 0 amide bonds. The topological polar surface area (TPSA) is 55.3 Å². The summed E-state index contributed by atoms with van der Waals surface area (Å²) in [6.45, 7) is 3.64. The second-order valence-corrected chi connectivity index (χ2v) is 9.55. The van der Waals surface area contributed by atoms with Crippen LogP contribution in [0.1, 0.15) is 66.2 Å². The van der Waals surface area contributed by atoms with Gasteiger partial charge in [0, 0.05) is 48.3 Å². The average Bonchev–Trinajstić information content (AvgIpc) is 3.35. The van der Waals surface area contributed by atoms with E-state index >= 15 is 0 Å². The molecular formula is C24H29N3. The van der Waals surface area contributed by atoms with Crippen LogP contribution in [0.15, 0.2) is 36.4 Å². The number of anilines is 2. The fraction of sp³-hybridized carbons (Fsp3) is 0.500. The molecule has 1 spiro atoms. The number of likely N-dealkylation sites (tertiary alicyclic amines) is 1. The average molecular weight is 360 g/mol. The van der Waals surface area contributed by atoms with Gasteiger partial charge in [0.05, 0.1) is 0 Å². The van der Waals surface area contributed by atoms with Gasteiger partial charge in [-0.05, 0) is 71.7 Å². The highest BCUT2D eigenvalue weighted by atomic mass is 15.2. The SMILES string of the molecule is Nc1ccc2c(c1)C1CN(CC3CCCC3)CC13CC2c1ccc(N)cc13. The minimum Gasteiger partial charge on any atom is -0.399 e. The van der Waals surface area contributed by atoms with E-state index in [0.29, 0.717) is 11.8 Å². The van der Waals surface area contributed by atoms with Crippen LogP contribution < -0.4 is 11.5 Å². The van der Waals surface area contributed by atoms with Crippen molar-refractivity contribution in [3.05, 3.63) is 58.7 Å². The largest absolute Gasteiger partial charge is 0.399 e. The maximum Gasteiger partial charge on any atom is 0.0317 e. The van der Waals surface area contributed by atoms with Gasteiger partial charge in [0.1, 0.15) is 0 Å². The van der Waals surface area contributed by atoms with Gasteiger partial charge in [-0.25, -0.2) is 0 Å². The van der Waals surface area contributed by atoms with Crippen LogP contribution in [-0.4, -0.2) is 24.5 Å². The molecule has 3 heteroatoms. The van der Waals surface area contributed by atoms with Crippen molar-refractivity contribution < 1.29 is 0 Å². The molecule has 1 heterocycles. The molecule has 2 aromatic carbocycles. The third kappa shape index (κ3) is 2.18. The first-order valence-corrected chi connectivity index (χ1v) is 10.7. The van der Waals surface area contributed by atoms with Crippen molar-refractivity contribution in [2.45, 2.75) is 49.4 Å². The van der Waals surface area contributed by atoms with Gasteiger partial charge in [0.25, 0.3) is 0 Å². The van der Waals surface area contributed by atoms with Crippen LogP contribution in [0.4, 0.5) is 11.4 Å². The van der Waals surface area contributed by atoms with E-state index in [1.54, 1.807) is 0 Å². The van der Waals surface area contributed by atoms with Crippen molar-refractivity contribution in [1.29, 1.82) is 0 Å². The number of benzene rings is 2. The molecule has 2 bridgehead atoms. The third-order valence-electron chi connectivity index (χ3n) is 8.02. The molecule has 1 saturated heterocycles. The van der Waals surface area contributed by atoms with Crippen molar-refractivity contribution in [3.8, 4) is 0 Å². The van der Waals surface area contributed by atoms with E-state index in [4.69, 9.17) is 11.5 Å². The Hall–Kier alpha value is -2.00. The Morgan fingerprint density at radius 3 is 2.48 bits per heavy atom. The van der Waals surface area contributed by atoms with E-state index in [1.165, 1.54) is 74.0 Å². The highest BCUT2D eigenvalue weighted by molar-refractivity contribution is 5.63. The second-order valence-electron chi connectivity index (χ2n) is 9.55. The van der Waals surface area contributed by atoms with Gasteiger partial charge in [0.15, 0.2) is 0 Å². The number of nitrogens with zero attached hydrogens (tertiary/aromatic N) is 1. The quantitative estimate of drug-likeness (QED) is 0.789. The zero-order chi connectivity index (χ0) is 18.2. The third-order valence-corrected chi connectivity index (χ3v) is 8.02. The zero-order valence-electron chi connectivity index (χ0n) is 16.0. The van der Waals surface area contributed by atoms with Gasteiger partial charge in [-0.15, -0.1) is 0 Å². The molecule has 3 nitrogen and oxygen atoms in total. The lowest BCUT2D eigenvalue weighted by Crippen LogP contribution is -2.35. The van der Waals surface area contributed by atoms with E-state index < -0.39 is 0 Å². The second kappa shape index (κ2) is 5.51. The Balaban J connectivity index is 1.48. The predicted octanol–water partition coefficient (Wildman–Crippen LogP) is 4.23. The summed E-state index contributed by atoms with van der Waals surface area (Å²) < 4.78 is 0. The molecule has 4 N–H and O–H groups in total. The summed E-state index contributed by atoms with van der Waals surface area (Å²) in [5, 5.41) is 0. The van der Waals surface area contributed by atoms with Crippen LogP contribution in [0.5, 0.6) is 0 Å². The Kier molecular flexibility index (Phi) is 3.27. The standard InChI is InChI=1S/C24H29N3/c25-16-5-7-18-20(9-16)23-13-27(12-15-3-1-2-4-15)14-24(23)11-21(18)19-8-6-17(26)10-22(19)24/h5-10,15,21,23H,1-4,11-14,25-26H2. The lowest BCUT2D eigenvalue weighted by Gasteiger charge is -2.37. The minimum atomic E-state index is 0.231. The summed E-state index contributed by atoms with van der Waals surface area (Å²) in [6, 6.07) is 13.3. The first-order valence-electron chi connectivity index (χ1n) is 10.7. The summed E-state index contributed by atoms with van der Waals surface area (Å²) in [5.41, 5.74) is 20.6. The Labute approximate surface area is 161 Å². The maximum absolute atomic E-state index is 6.26. The highest BCUT2D eigenvalue weighted by Crippen LogP contribution is 2.63. The number of rotatable bonds is 2. The summed E-state index contributed by atoms with van der Waals surface area (Å²) in [4.78, 5) is 2.77. The molecule has 2 aromatic rings. The fourth-order valence-corrected chi connectivity index (χ4v) is 6.96. The van der Waals surface area contributed by atoms with Gasteiger partial charge in [0.2, 0.25) is 0 Å². The first kappa shape index (κ1) is 16.0. The van der Waals surface area contributed by atoms with E-state index in [2.05, 4.69) is 41.3 Å². The molecule has 0 aromatic heterocycles. The molecular weight excluding hydrogens is 330 g/mol. The summed E-state index contributed by atoms with van der Waals surface area (Å²) in [5.74, 6) is 1.97. The fourth-order valence-electron chi connectivity index (χ4n) is 6.96. The number of nitrogen functional groups attached to an aromatic ring is 2. The highest BCUT2D eigenvalue weighted by Gasteiger charge is 2.58. The first-order chi connectivity index (χ1) is 13.1. The van der Waals surface area contributed by atoms with Crippen molar-refractivity contribution in [2.75, 3.05) is 31.1 Å². The van der Waals surface area contributed by atoms with Crippen LogP contribution in [-0.2, 0) is 5.41 Å². The van der Waals surface area contributed by atoms with Crippen LogP contribution in [0, 0.1) is 5.92 Å². The lowest BCUT2D eigenvalue weighted by molar-refractivity contribution is 0.260. The number of fused-ring (bicyclic) bond motifs is 3. The smallest absolute Gasteiger partial charge is 0.0317 e. The molecule has 27 heavy (non-hydrogen) atoms. The summed E-state index contributed by atoms with van der Waals surface area (Å²) in [7, 11) is 0. The Morgan fingerprint density at radius 2 is 1.67 bits per heavy atom. The number of hydrogen-bond acceptors (Lipinski definition) is 3. The molecule has 3 unspecified atom stereocenters. The molecule has 140 valence electrons. The van der Waals surface area contributed by atoms with E-state index in [9.17, 15) is 0 Å². The van der Waals surface area contributed by atoms with Crippen LogP contribution >= 0.6 is 0 Å². The van der Waals surface area contributed by atoms with Crippen molar-refractivity contribution in [3.63, 3.8) is 0 Å². The zero-order valence-corrected chi connectivity index (χ0v) is 16.0. The number of nitrogens with two attached hydrogens (primary N) is 2.